The quantitative estimate of drug-likeness (QED) is 0.610. The summed E-state index contributed by atoms with van der Waals surface area (Å²) in [6.07, 6.45) is 1.32. The monoisotopic (exact) mass is 356 g/mol. The van der Waals surface area contributed by atoms with Gasteiger partial charge < -0.3 is 15.2 Å². The van der Waals surface area contributed by atoms with Gasteiger partial charge in [0.2, 0.25) is 0 Å². The van der Waals surface area contributed by atoms with Crippen LogP contribution in [0.3, 0.4) is 0 Å². The van der Waals surface area contributed by atoms with E-state index in [2.05, 4.69) is 5.32 Å². The summed E-state index contributed by atoms with van der Waals surface area (Å²) in [5, 5.41) is 20.9. The van der Waals surface area contributed by atoms with Gasteiger partial charge in [0, 0.05) is 5.56 Å². The highest BCUT2D eigenvalue weighted by Gasteiger charge is 2.13. The molecule has 0 aromatic heterocycles. The summed E-state index contributed by atoms with van der Waals surface area (Å²) >= 11 is 5.98. The van der Waals surface area contributed by atoms with Crippen LogP contribution in [0.5, 0.6) is 5.75 Å². The zero-order valence-corrected chi connectivity index (χ0v) is 13.7. The Morgan fingerprint density at radius 1 is 1.20 bits per heavy atom. The molecule has 0 saturated heterocycles. The number of benzene rings is 2. The molecule has 25 heavy (non-hydrogen) atoms. The third-order valence-corrected chi connectivity index (χ3v) is 3.39. The molecule has 7 heteroatoms. The number of aliphatic carboxylic acids is 1. The van der Waals surface area contributed by atoms with Gasteiger partial charge in [-0.05, 0) is 24.3 Å². The first-order chi connectivity index (χ1) is 12.0. The van der Waals surface area contributed by atoms with Crippen LogP contribution in [-0.4, -0.2) is 23.6 Å². The van der Waals surface area contributed by atoms with Gasteiger partial charge in [-0.15, -0.1) is 0 Å². The standard InChI is InChI=1S/C18H13ClN2O4/c19-14-6-2-3-7-15(14)21-18(24)13(10-20)9-12-5-1-4-8-16(12)25-11-17(22)23/h1-9H,11H2,(H,21,24)(H,22,23)/b13-9-. The molecule has 1 amide bonds. The molecule has 0 atom stereocenters. The molecular weight excluding hydrogens is 344 g/mol. The van der Waals surface area contributed by atoms with Crippen molar-refractivity contribution < 1.29 is 19.4 Å². The lowest BCUT2D eigenvalue weighted by atomic mass is 10.1. The van der Waals surface area contributed by atoms with Gasteiger partial charge >= 0.3 is 5.97 Å². The third-order valence-electron chi connectivity index (χ3n) is 3.06. The minimum Gasteiger partial charge on any atom is -0.481 e. The number of nitrogens with zero attached hydrogens (tertiary/aromatic N) is 1. The van der Waals surface area contributed by atoms with Gasteiger partial charge in [0.1, 0.15) is 17.4 Å². The van der Waals surface area contributed by atoms with E-state index in [1.807, 2.05) is 6.07 Å². The summed E-state index contributed by atoms with van der Waals surface area (Å²) in [5.41, 5.74) is 0.617. The maximum atomic E-state index is 12.3. The number of nitriles is 1. The highest BCUT2D eigenvalue weighted by Crippen LogP contribution is 2.23. The average Bonchev–Trinajstić information content (AvgIpc) is 2.60. The van der Waals surface area contributed by atoms with E-state index >= 15 is 0 Å². The maximum Gasteiger partial charge on any atom is 0.341 e. The molecule has 0 bridgehead atoms. The van der Waals surface area contributed by atoms with Crippen LogP contribution in [0.15, 0.2) is 54.1 Å². The Kier molecular flexibility index (Phi) is 6.15. The smallest absolute Gasteiger partial charge is 0.341 e. The number of carbonyl (C=O) groups excluding carboxylic acids is 1. The lowest BCUT2D eigenvalue weighted by molar-refractivity contribution is -0.139. The molecule has 2 aromatic rings. The highest BCUT2D eigenvalue weighted by molar-refractivity contribution is 6.34. The van der Waals surface area contributed by atoms with Crippen molar-refractivity contribution in [3.63, 3.8) is 0 Å². The molecule has 0 spiro atoms. The molecule has 2 aromatic carbocycles. The number of nitrogens with one attached hydrogen (secondary N) is 1. The molecule has 0 heterocycles. The largest absolute Gasteiger partial charge is 0.481 e. The molecular formula is C18H13ClN2O4. The van der Waals surface area contributed by atoms with Crippen molar-refractivity contribution in [1.29, 1.82) is 5.26 Å². The molecule has 0 fully saturated rings. The van der Waals surface area contributed by atoms with Crippen molar-refractivity contribution in [2.24, 2.45) is 0 Å². The van der Waals surface area contributed by atoms with E-state index in [1.54, 1.807) is 48.5 Å². The first kappa shape index (κ1) is 18.0. The molecule has 0 radical (unpaired) electrons. The second-order valence-electron chi connectivity index (χ2n) is 4.82. The molecule has 2 rings (SSSR count). The van der Waals surface area contributed by atoms with Crippen LogP contribution in [0.1, 0.15) is 5.56 Å². The fourth-order valence-electron chi connectivity index (χ4n) is 1.93. The molecule has 0 unspecified atom stereocenters. The first-order valence-corrected chi connectivity index (χ1v) is 7.50. The molecule has 0 aliphatic heterocycles. The number of carbonyl (C=O) groups is 2. The van der Waals surface area contributed by atoms with Gasteiger partial charge in [0.15, 0.2) is 6.61 Å². The van der Waals surface area contributed by atoms with Crippen LogP contribution in [-0.2, 0) is 9.59 Å². The Hall–Kier alpha value is -3.30. The summed E-state index contributed by atoms with van der Waals surface area (Å²) < 4.78 is 5.15. The average molecular weight is 357 g/mol. The normalized spacial score (nSPS) is 10.6. The zero-order valence-electron chi connectivity index (χ0n) is 12.9. The second kappa shape index (κ2) is 8.52. The van der Waals surface area contributed by atoms with Gasteiger partial charge in [-0.25, -0.2) is 4.79 Å². The summed E-state index contributed by atoms with van der Waals surface area (Å²) in [5.74, 6) is -1.51. The van der Waals surface area contributed by atoms with E-state index in [1.165, 1.54) is 6.08 Å². The number of hydrogen-bond donors (Lipinski definition) is 2. The number of ether oxygens (including phenoxy) is 1. The fourth-order valence-corrected chi connectivity index (χ4v) is 2.11. The number of amides is 1. The minimum absolute atomic E-state index is 0.175. The number of carboxylic acids is 1. The number of rotatable bonds is 6. The van der Waals surface area contributed by atoms with Gasteiger partial charge in [-0.3, -0.25) is 4.79 Å². The van der Waals surface area contributed by atoms with Gasteiger partial charge in [0.25, 0.3) is 5.91 Å². The maximum absolute atomic E-state index is 12.3. The lowest BCUT2D eigenvalue weighted by Crippen LogP contribution is -2.14. The summed E-state index contributed by atoms with van der Waals surface area (Å²) in [7, 11) is 0. The summed E-state index contributed by atoms with van der Waals surface area (Å²) in [6, 6.07) is 15.0. The number of anilines is 1. The highest BCUT2D eigenvalue weighted by atomic mass is 35.5. The first-order valence-electron chi connectivity index (χ1n) is 7.12. The minimum atomic E-state index is -1.13. The Labute approximate surface area is 148 Å². The van der Waals surface area contributed by atoms with Crippen LogP contribution in [0.2, 0.25) is 5.02 Å². The van der Waals surface area contributed by atoms with E-state index in [-0.39, 0.29) is 11.3 Å². The van der Waals surface area contributed by atoms with Crippen LogP contribution in [0.25, 0.3) is 6.08 Å². The van der Waals surface area contributed by atoms with Crippen LogP contribution in [0, 0.1) is 11.3 Å². The van der Waals surface area contributed by atoms with Crippen LogP contribution >= 0.6 is 11.6 Å². The lowest BCUT2D eigenvalue weighted by Gasteiger charge is -2.08. The van der Waals surface area contributed by atoms with E-state index < -0.39 is 18.5 Å². The van der Waals surface area contributed by atoms with Crippen molar-refractivity contribution in [3.05, 3.63) is 64.7 Å². The summed E-state index contributed by atoms with van der Waals surface area (Å²) in [4.78, 5) is 22.9. The number of hydrogen-bond acceptors (Lipinski definition) is 4. The number of para-hydroxylation sites is 2. The van der Waals surface area contributed by atoms with Crippen molar-refractivity contribution in [2.75, 3.05) is 11.9 Å². The van der Waals surface area contributed by atoms with E-state index in [9.17, 15) is 14.9 Å². The zero-order chi connectivity index (χ0) is 18.2. The van der Waals surface area contributed by atoms with Crippen molar-refractivity contribution >= 4 is 35.2 Å². The van der Waals surface area contributed by atoms with E-state index in [4.69, 9.17) is 21.4 Å². The predicted octanol–water partition coefficient (Wildman–Crippen LogP) is 3.35. The van der Waals surface area contributed by atoms with E-state index in [0.29, 0.717) is 16.3 Å². The van der Waals surface area contributed by atoms with Crippen LogP contribution in [0.4, 0.5) is 5.69 Å². The SMILES string of the molecule is N#C/C(=C/c1ccccc1OCC(=O)O)C(=O)Nc1ccccc1Cl. The molecule has 6 nitrogen and oxygen atoms in total. The Balaban J connectivity index is 2.25. The molecule has 2 N–H and O–H groups in total. The molecule has 0 aliphatic rings. The van der Waals surface area contributed by atoms with Crippen molar-refractivity contribution in [1.82, 2.24) is 0 Å². The Bertz CT molecular complexity index is 871. The number of carboxylic acid groups (broad SMARTS) is 1. The molecule has 126 valence electrons. The Morgan fingerprint density at radius 3 is 2.56 bits per heavy atom. The molecule has 0 saturated carbocycles. The third kappa shape index (κ3) is 5.09. The number of halogens is 1. The fraction of sp³-hybridized carbons (Fsp3) is 0.0556. The predicted molar refractivity (Wildman–Crippen MR) is 93.2 cm³/mol. The van der Waals surface area contributed by atoms with Gasteiger partial charge in [-0.2, -0.15) is 5.26 Å². The topological polar surface area (TPSA) is 99.4 Å². The Morgan fingerprint density at radius 2 is 1.88 bits per heavy atom. The molecule has 0 aliphatic carbocycles. The van der Waals surface area contributed by atoms with Gasteiger partial charge in [-0.1, -0.05) is 41.9 Å². The second-order valence-corrected chi connectivity index (χ2v) is 5.23. The van der Waals surface area contributed by atoms with Crippen LogP contribution < -0.4 is 10.1 Å². The van der Waals surface area contributed by atoms with Crippen molar-refractivity contribution in [3.8, 4) is 11.8 Å². The summed E-state index contributed by atoms with van der Waals surface area (Å²) in [6.45, 7) is -0.529. The van der Waals surface area contributed by atoms with E-state index in [0.717, 1.165) is 0 Å². The van der Waals surface area contributed by atoms with Crippen molar-refractivity contribution in [2.45, 2.75) is 0 Å². The van der Waals surface area contributed by atoms with Gasteiger partial charge in [0.05, 0.1) is 10.7 Å².